The third kappa shape index (κ3) is 5.50. The van der Waals surface area contributed by atoms with Crippen molar-refractivity contribution in [2.24, 2.45) is 0 Å². The summed E-state index contributed by atoms with van der Waals surface area (Å²) in [5.41, 5.74) is 0.245. The highest BCUT2D eigenvalue weighted by Crippen LogP contribution is 2.27. The number of hydrogen-bond acceptors (Lipinski definition) is 7. The molecule has 2 aromatic rings. The molecule has 0 radical (unpaired) electrons. The molecule has 0 aliphatic carbocycles. The molecule has 1 aliphatic rings. The SMILES string of the molecule is CSc1ccccc1OCc1cc(C(=O)NCCN2CCCC[C@H]2CO)no1. The number of carbonyl (C=O) groups excluding carboxylic acids is 1. The van der Waals surface area contributed by atoms with Gasteiger partial charge in [-0.3, -0.25) is 9.69 Å². The zero-order valence-electron chi connectivity index (χ0n) is 16.1. The number of aromatic nitrogens is 1. The van der Waals surface area contributed by atoms with Crippen LogP contribution >= 0.6 is 11.8 Å². The molecular formula is C20H27N3O4S. The third-order valence-electron chi connectivity index (χ3n) is 4.87. The Kier molecular flexibility index (Phi) is 7.76. The first-order valence-electron chi connectivity index (χ1n) is 9.55. The molecule has 1 aromatic carbocycles. The first-order valence-corrected chi connectivity index (χ1v) is 10.8. The molecule has 0 bridgehead atoms. The molecule has 1 amide bonds. The van der Waals surface area contributed by atoms with Gasteiger partial charge in [-0.15, -0.1) is 11.8 Å². The van der Waals surface area contributed by atoms with Crippen LogP contribution in [-0.2, 0) is 6.61 Å². The third-order valence-corrected chi connectivity index (χ3v) is 5.65. The molecule has 1 atom stereocenters. The van der Waals surface area contributed by atoms with Gasteiger partial charge < -0.3 is 19.7 Å². The highest BCUT2D eigenvalue weighted by atomic mass is 32.2. The van der Waals surface area contributed by atoms with Gasteiger partial charge in [0.1, 0.15) is 12.4 Å². The Hall–Kier alpha value is -2.03. The first kappa shape index (κ1) is 20.7. The van der Waals surface area contributed by atoms with Crippen LogP contribution in [0.4, 0.5) is 0 Å². The van der Waals surface area contributed by atoms with Crippen LogP contribution in [0.25, 0.3) is 0 Å². The predicted molar refractivity (Wildman–Crippen MR) is 108 cm³/mol. The summed E-state index contributed by atoms with van der Waals surface area (Å²) in [5, 5.41) is 16.2. The lowest BCUT2D eigenvalue weighted by Crippen LogP contribution is -2.45. The van der Waals surface area contributed by atoms with Gasteiger partial charge in [-0.2, -0.15) is 0 Å². The van der Waals surface area contributed by atoms with Crippen LogP contribution in [0.15, 0.2) is 39.8 Å². The second kappa shape index (κ2) is 10.5. The smallest absolute Gasteiger partial charge is 0.273 e. The number of hydrogen-bond donors (Lipinski definition) is 2. The van der Waals surface area contributed by atoms with Crippen molar-refractivity contribution >= 4 is 17.7 Å². The number of thioether (sulfide) groups is 1. The van der Waals surface area contributed by atoms with Gasteiger partial charge in [0.2, 0.25) is 0 Å². The van der Waals surface area contributed by atoms with Gasteiger partial charge in [0.15, 0.2) is 11.5 Å². The molecule has 7 nitrogen and oxygen atoms in total. The highest BCUT2D eigenvalue weighted by Gasteiger charge is 2.21. The lowest BCUT2D eigenvalue weighted by molar-refractivity contribution is 0.0845. The average molecular weight is 406 g/mol. The molecule has 1 aliphatic heterocycles. The van der Waals surface area contributed by atoms with Gasteiger partial charge >= 0.3 is 0 Å². The van der Waals surface area contributed by atoms with Gasteiger partial charge in [-0.05, 0) is 37.8 Å². The Morgan fingerprint density at radius 2 is 2.29 bits per heavy atom. The van der Waals surface area contributed by atoms with Crippen LogP contribution in [0.5, 0.6) is 5.75 Å². The van der Waals surface area contributed by atoms with Crippen LogP contribution in [-0.4, -0.2) is 59.6 Å². The quantitative estimate of drug-likeness (QED) is 0.620. The Bertz CT molecular complexity index is 767. The van der Waals surface area contributed by atoms with Crippen molar-refractivity contribution in [1.29, 1.82) is 0 Å². The number of likely N-dealkylation sites (tertiary alicyclic amines) is 1. The maximum atomic E-state index is 12.3. The summed E-state index contributed by atoms with van der Waals surface area (Å²) in [6, 6.07) is 9.57. The highest BCUT2D eigenvalue weighted by molar-refractivity contribution is 7.98. The summed E-state index contributed by atoms with van der Waals surface area (Å²) in [5.74, 6) is 1.01. The van der Waals surface area contributed by atoms with Crippen LogP contribution in [0.1, 0.15) is 35.5 Å². The Morgan fingerprint density at radius 3 is 3.11 bits per heavy atom. The molecule has 2 heterocycles. The minimum absolute atomic E-state index is 0.167. The summed E-state index contributed by atoms with van der Waals surface area (Å²) in [6.07, 6.45) is 5.29. The van der Waals surface area contributed by atoms with E-state index in [1.54, 1.807) is 17.8 Å². The lowest BCUT2D eigenvalue weighted by Gasteiger charge is -2.34. The molecular weight excluding hydrogens is 378 g/mol. The fourth-order valence-corrected chi connectivity index (χ4v) is 3.88. The summed E-state index contributed by atoms with van der Waals surface area (Å²) >= 11 is 1.61. The van der Waals surface area contributed by atoms with Gasteiger partial charge in [-0.1, -0.05) is 23.7 Å². The topological polar surface area (TPSA) is 87.8 Å². The zero-order chi connectivity index (χ0) is 19.8. The number of nitrogens with one attached hydrogen (secondary N) is 1. The molecule has 0 saturated carbocycles. The van der Waals surface area contributed by atoms with Crippen molar-refractivity contribution in [3.8, 4) is 5.75 Å². The number of rotatable bonds is 9. The van der Waals surface area contributed by atoms with Crippen molar-refractivity contribution in [1.82, 2.24) is 15.4 Å². The number of ether oxygens (including phenoxy) is 1. The molecule has 28 heavy (non-hydrogen) atoms. The number of carbonyl (C=O) groups is 1. The van der Waals surface area contributed by atoms with E-state index in [0.717, 1.165) is 43.0 Å². The van der Waals surface area contributed by atoms with E-state index in [9.17, 15) is 9.90 Å². The molecule has 0 spiro atoms. The van der Waals surface area contributed by atoms with Gasteiger partial charge in [0.05, 0.1) is 6.61 Å². The number of aliphatic hydroxyl groups excluding tert-OH is 1. The van der Waals surface area contributed by atoms with Gasteiger partial charge in [0, 0.05) is 30.1 Å². The van der Waals surface area contributed by atoms with E-state index in [-0.39, 0.29) is 30.9 Å². The standard InChI is InChI=1S/C20H27N3O4S/c1-28-19-8-3-2-7-18(19)26-14-16-12-17(22-27-16)20(25)21-9-11-23-10-5-4-6-15(23)13-24/h2-3,7-8,12,15,24H,4-6,9-11,13-14H2,1H3,(H,21,25)/t15-/m0/s1. The maximum absolute atomic E-state index is 12.3. The molecule has 0 unspecified atom stereocenters. The van der Waals surface area contributed by atoms with Crippen LogP contribution in [0.3, 0.4) is 0 Å². The monoisotopic (exact) mass is 405 g/mol. The van der Waals surface area contributed by atoms with E-state index < -0.39 is 0 Å². The zero-order valence-corrected chi connectivity index (χ0v) is 16.9. The second-order valence-corrected chi connectivity index (χ2v) is 7.59. The van der Waals surface area contributed by atoms with Crippen molar-refractivity contribution in [3.63, 3.8) is 0 Å². The Balaban J connectivity index is 1.46. The van der Waals surface area contributed by atoms with E-state index in [1.165, 1.54) is 0 Å². The van der Waals surface area contributed by atoms with Crippen LogP contribution < -0.4 is 10.1 Å². The Morgan fingerprint density at radius 1 is 1.43 bits per heavy atom. The molecule has 152 valence electrons. The van der Waals surface area contributed by atoms with Crippen molar-refractivity contribution in [2.45, 2.75) is 36.8 Å². The number of aliphatic hydroxyl groups is 1. The van der Waals surface area contributed by atoms with Crippen molar-refractivity contribution in [2.75, 3.05) is 32.5 Å². The number of nitrogens with zero attached hydrogens (tertiary/aromatic N) is 2. The summed E-state index contributed by atoms with van der Waals surface area (Å²) in [7, 11) is 0. The number of para-hydroxylation sites is 1. The lowest BCUT2D eigenvalue weighted by atomic mass is 10.0. The fourth-order valence-electron chi connectivity index (χ4n) is 3.34. The molecule has 8 heteroatoms. The minimum atomic E-state index is -0.267. The van der Waals surface area contributed by atoms with Crippen molar-refractivity contribution < 1.29 is 19.2 Å². The molecule has 1 fully saturated rings. The van der Waals surface area contributed by atoms with Gasteiger partial charge in [0.25, 0.3) is 5.91 Å². The predicted octanol–water partition coefficient (Wildman–Crippen LogP) is 2.55. The number of benzene rings is 1. The van der Waals surface area contributed by atoms with Gasteiger partial charge in [-0.25, -0.2) is 0 Å². The minimum Gasteiger partial charge on any atom is -0.484 e. The van der Waals surface area contributed by atoms with E-state index in [1.807, 2.05) is 30.5 Å². The normalized spacial score (nSPS) is 17.4. The maximum Gasteiger partial charge on any atom is 0.273 e. The summed E-state index contributed by atoms with van der Waals surface area (Å²) in [6.45, 7) is 2.57. The molecule has 1 aromatic heterocycles. The average Bonchev–Trinajstić information content (AvgIpc) is 3.22. The van der Waals surface area contributed by atoms with E-state index >= 15 is 0 Å². The summed E-state index contributed by atoms with van der Waals surface area (Å²) in [4.78, 5) is 15.6. The number of amides is 1. The van der Waals surface area contributed by atoms with Crippen molar-refractivity contribution in [3.05, 3.63) is 41.8 Å². The fraction of sp³-hybridized carbons (Fsp3) is 0.500. The van der Waals surface area contributed by atoms with E-state index in [2.05, 4.69) is 15.4 Å². The summed E-state index contributed by atoms with van der Waals surface area (Å²) < 4.78 is 11.0. The largest absolute Gasteiger partial charge is 0.484 e. The Labute approximate surface area is 169 Å². The first-order chi connectivity index (χ1) is 13.7. The molecule has 1 saturated heterocycles. The second-order valence-electron chi connectivity index (χ2n) is 6.74. The number of piperidine rings is 1. The van der Waals surface area contributed by atoms with E-state index in [0.29, 0.717) is 12.3 Å². The van der Waals surface area contributed by atoms with Crippen LogP contribution in [0, 0.1) is 0 Å². The van der Waals surface area contributed by atoms with Crippen LogP contribution in [0.2, 0.25) is 0 Å². The molecule has 3 rings (SSSR count). The molecule has 2 N–H and O–H groups in total. The van der Waals surface area contributed by atoms with E-state index in [4.69, 9.17) is 9.26 Å².